The fourth-order valence-corrected chi connectivity index (χ4v) is 3.85. The predicted octanol–water partition coefficient (Wildman–Crippen LogP) is 4.23. The maximum atomic E-state index is 12.4. The number of aromatic nitrogens is 2. The number of thiophene rings is 1. The van der Waals surface area contributed by atoms with Crippen LogP contribution in [-0.4, -0.2) is 21.4 Å². The molecular weight excluding hydrogens is 344 g/mol. The zero-order valence-electron chi connectivity index (χ0n) is 13.6. The molecule has 3 aromatic rings. The predicted molar refractivity (Wildman–Crippen MR) is 99.2 cm³/mol. The average molecular weight is 361 g/mol. The molecule has 0 fully saturated rings. The summed E-state index contributed by atoms with van der Waals surface area (Å²) in [5, 5.41) is 9.94. The maximum Gasteiger partial charge on any atom is 0.283 e. The van der Waals surface area contributed by atoms with Crippen LogP contribution in [-0.2, 0) is 6.54 Å². The molecule has 1 amide bonds. The Hall–Kier alpha value is -2.18. The molecule has 1 aromatic carbocycles. The number of amides is 1. The topological polar surface area (TPSA) is 59.3 Å². The highest BCUT2D eigenvalue weighted by atomic mass is 35.5. The van der Waals surface area contributed by atoms with Gasteiger partial charge in [0.1, 0.15) is 4.88 Å². The summed E-state index contributed by atoms with van der Waals surface area (Å²) in [7, 11) is 0. The van der Waals surface area contributed by atoms with Crippen molar-refractivity contribution >= 4 is 44.6 Å². The molecule has 0 saturated carbocycles. The van der Waals surface area contributed by atoms with Crippen molar-refractivity contribution in [2.45, 2.75) is 27.3 Å². The van der Waals surface area contributed by atoms with E-state index in [0.717, 1.165) is 27.9 Å². The van der Waals surface area contributed by atoms with Crippen molar-refractivity contribution in [2.75, 3.05) is 0 Å². The summed E-state index contributed by atoms with van der Waals surface area (Å²) in [6, 6.07) is 7.67. The van der Waals surface area contributed by atoms with Crippen LogP contribution in [0.4, 0.5) is 0 Å². The minimum Gasteiger partial charge on any atom is -0.272 e. The second-order valence-corrected chi connectivity index (χ2v) is 6.79. The molecule has 0 saturated heterocycles. The molecule has 7 heteroatoms. The maximum absolute atomic E-state index is 12.4. The number of nitrogens with one attached hydrogen (secondary N) is 1. The van der Waals surface area contributed by atoms with Gasteiger partial charge in [0.05, 0.1) is 16.4 Å². The normalized spacial score (nSPS) is 11.9. The molecule has 0 unspecified atom stereocenters. The quantitative estimate of drug-likeness (QED) is 0.559. The van der Waals surface area contributed by atoms with Gasteiger partial charge in [0, 0.05) is 28.4 Å². The minimum absolute atomic E-state index is 0.305. The smallest absolute Gasteiger partial charge is 0.272 e. The second kappa shape index (κ2) is 6.75. The molecule has 124 valence electrons. The molecule has 1 N–H and O–H groups in total. The average Bonchev–Trinajstić information content (AvgIpc) is 3.13. The summed E-state index contributed by atoms with van der Waals surface area (Å²) in [6.07, 6.45) is 1.92. The van der Waals surface area contributed by atoms with E-state index in [1.165, 1.54) is 11.3 Å². The van der Waals surface area contributed by atoms with Gasteiger partial charge in [0.2, 0.25) is 0 Å². The van der Waals surface area contributed by atoms with E-state index in [9.17, 15) is 4.79 Å². The number of hydrogen-bond donors (Lipinski definition) is 1. The lowest BCUT2D eigenvalue weighted by Crippen LogP contribution is -2.18. The lowest BCUT2D eigenvalue weighted by molar-refractivity contribution is 0.0959. The molecule has 0 aliphatic carbocycles. The second-order valence-electron chi connectivity index (χ2n) is 5.36. The van der Waals surface area contributed by atoms with Crippen LogP contribution in [0.15, 0.2) is 35.6 Å². The van der Waals surface area contributed by atoms with E-state index in [4.69, 9.17) is 11.6 Å². The molecule has 2 aromatic heterocycles. The van der Waals surface area contributed by atoms with Crippen LogP contribution in [0.5, 0.6) is 0 Å². The Kier molecular flexibility index (Phi) is 4.69. The van der Waals surface area contributed by atoms with Crippen LogP contribution < -0.4 is 5.43 Å². The molecule has 0 atom stereocenters. The van der Waals surface area contributed by atoms with E-state index >= 15 is 0 Å². The van der Waals surface area contributed by atoms with Gasteiger partial charge in [0.25, 0.3) is 5.91 Å². The van der Waals surface area contributed by atoms with Crippen LogP contribution in [0.1, 0.15) is 34.8 Å². The first kappa shape index (κ1) is 16.7. The van der Waals surface area contributed by atoms with Gasteiger partial charge < -0.3 is 0 Å². The Bertz CT molecular complexity index is 941. The third-order valence-corrected chi connectivity index (χ3v) is 5.40. The lowest BCUT2D eigenvalue weighted by atomic mass is 10.2. The fourth-order valence-electron chi connectivity index (χ4n) is 2.44. The molecule has 0 radical (unpaired) electrons. The molecule has 3 rings (SSSR count). The number of hydrazone groups is 1. The van der Waals surface area contributed by atoms with Gasteiger partial charge in [-0.3, -0.25) is 9.48 Å². The van der Waals surface area contributed by atoms with Crippen molar-refractivity contribution in [1.29, 1.82) is 0 Å². The molecule has 0 aliphatic rings. The Labute approximate surface area is 148 Å². The summed E-state index contributed by atoms with van der Waals surface area (Å²) in [4.78, 5) is 12.9. The Balaban J connectivity index is 1.83. The van der Waals surface area contributed by atoms with Crippen LogP contribution in [0.2, 0.25) is 5.02 Å². The number of carbonyl (C=O) groups is 1. The van der Waals surface area contributed by atoms with Gasteiger partial charge in [-0.15, -0.1) is 11.3 Å². The van der Waals surface area contributed by atoms with Crippen molar-refractivity contribution in [1.82, 2.24) is 15.2 Å². The van der Waals surface area contributed by atoms with Crippen LogP contribution >= 0.6 is 22.9 Å². The van der Waals surface area contributed by atoms with E-state index < -0.39 is 0 Å². The zero-order chi connectivity index (χ0) is 17.3. The van der Waals surface area contributed by atoms with Gasteiger partial charge >= 0.3 is 0 Å². The van der Waals surface area contributed by atoms with Crippen molar-refractivity contribution in [3.63, 3.8) is 0 Å². The number of aryl methyl sites for hydroxylation is 2. The van der Waals surface area contributed by atoms with E-state index in [1.807, 2.05) is 55.9 Å². The molecule has 0 bridgehead atoms. The molecule has 5 nitrogen and oxygen atoms in total. The van der Waals surface area contributed by atoms with Gasteiger partial charge in [-0.25, -0.2) is 5.43 Å². The number of carbonyl (C=O) groups excluding carboxylic acids is 1. The lowest BCUT2D eigenvalue weighted by Gasteiger charge is -2.01. The van der Waals surface area contributed by atoms with Crippen molar-refractivity contribution < 1.29 is 4.79 Å². The zero-order valence-corrected chi connectivity index (χ0v) is 15.2. The molecule has 0 spiro atoms. The molecule has 2 heterocycles. The fraction of sp³-hybridized carbons (Fsp3) is 0.235. The third-order valence-electron chi connectivity index (χ3n) is 3.73. The Morgan fingerprint density at radius 3 is 2.83 bits per heavy atom. The summed E-state index contributed by atoms with van der Waals surface area (Å²) in [5.74, 6) is -0.305. The largest absolute Gasteiger partial charge is 0.283 e. The van der Waals surface area contributed by atoms with Gasteiger partial charge in [0.15, 0.2) is 0 Å². The van der Waals surface area contributed by atoms with E-state index in [0.29, 0.717) is 15.6 Å². The van der Waals surface area contributed by atoms with E-state index in [2.05, 4.69) is 15.6 Å². The number of halogens is 1. The summed E-state index contributed by atoms with van der Waals surface area (Å²) < 4.78 is 2.82. The SMILES string of the molecule is CCn1cc(/C(C)=N\NC(=O)c2sc3ccccc3c2Cl)c(C)n1. The van der Waals surface area contributed by atoms with Gasteiger partial charge in [-0.2, -0.15) is 10.2 Å². The van der Waals surface area contributed by atoms with Crippen LogP contribution in [0.3, 0.4) is 0 Å². The summed E-state index contributed by atoms with van der Waals surface area (Å²) in [6.45, 7) is 6.58. The first-order chi connectivity index (χ1) is 11.5. The monoisotopic (exact) mass is 360 g/mol. The number of hydrogen-bond acceptors (Lipinski definition) is 4. The standard InChI is InChI=1S/C17H17ClN4OS/c1-4-22-9-13(11(3)21-22)10(2)19-20-17(23)16-15(18)12-7-5-6-8-14(12)24-16/h5-9H,4H2,1-3H3,(H,20,23)/b19-10-. The number of nitrogens with zero attached hydrogens (tertiary/aromatic N) is 3. The molecule has 0 aliphatic heterocycles. The minimum atomic E-state index is -0.305. The first-order valence-electron chi connectivity index (χ1n) is 7.57. The third kappa shape index (κ3) is 3.07. The van der Waals surface area contributed by atoms with Crippen molar-refractivity contribution in [3.05, 3.63) is 51.6 Å². The van der Waals surface area contributed by atoms with Crippen LogP contribution in [0.25, 0.3) is 10.1 Å². The van der Waals surface area contributed by atoms with Crippen molar-refractivity contribution in [2.24, 2.45) is 5.10 Å². The van der Waals surface area contributed by atoms with Gasteiger partial charge in [-0.05, 0) is 26.8 Å². The molecular formula is C17H17ClN4OS. The highest BCUT2D eigenvalue weighted by Gasteiger charge is 2.17. The highest BCUT2D eigenvalue weighted by molar-refractivity contribution is 7.21. The summed E-state index contributed by atoms with van der Waals surface area (Å²) in [5.41, 5.74) is 5.10. The first-order valence-corrected chi connectivity index (χ1v) is 8.76. The number of fused-ring (bicyclic) bond motifs is 1. The number of benzene rings is 1. The number of rotatable bonds is 4. The Morgan fingerprint density at radius 1 is 1.42 bits per heavy atom. The van der Waals surface area contributed by atoms with Gasteiger partial charge in [-0.1, -0.05) is 29.8 Å². The molecule has 24 heavy (non-hydrogen) atoms. The van der Waals surface area contributed by atoms with E-state index in [-0.39, 0.29) is 5.91 Å². The van der Waals surface area contributed by atoms with Crippen LogP contribution in [0, 0.1) is 6.92 Å². The van der Waals surface area contributed by atoms with E-state index in [1.54, 1.807) is 0 Å². The summed E-state index contributed by atoms with van der Waals surface area (Å²) >= 11 is 7.68. The van der Waals surface area contributed by atoms with Crippen molar-refractivity contribution in [3.8, 4) is 0 Å². The Morgan fingerprint density at radius 2 is 2.17 bits per heavy atom. The highest BCUT2D eigenvalue weighted by Crippen LogP contribution is 2.34.